The second kappa shape index (κ2) is 12.1. The van der Waals surface area contributed by atoms with Crippen molar-refractivity contribution in [2.45, 2.75) is 37.1 Å². The normalized spacial score (nSPS) is 11.2. The van der Waals surface area contributed by atoms with Crippen LogP contribution in [0.3, 0.4) is 0 Å². The summed E-state index contributed by atoms with van der Waals surface area (Å²) >= 11 is 1.48. The fraction of sp³-hybridized carbons (Fsp3) is 0.152. The van der Waals surface area contributed by atoms with Gasteiger partial charge < -0.3 is 15.2 Å². The monoisotopic (exact) mass is 592 g/mol. The zero-order chi connectivity index (χ0) is 29.9. The lowest BCUT2D eigenvalue weighted by molar-refractivity contribution is 0.336. The van der Waals surface area contributed by atoms with Gasteiger partial charge in [0, 0.05) is 44.4 Å². The predicted molar refractivity (Wildman–Crippen MR) is 167 cm³/mol. The summed E-state index contributed by atoms with van der Waals surface area (Å²) < 4.78 is 23.1. The van der Waals surface area contributed by atoms with Gasteiger partial charge in [0.05, 0.1) is 24.9 Å². The number of anilines is 2. The summed E-state index contributed by atoms with van der Waals surface area (Å²) in [6, 6.07) is 22.7. The number of para-hydroxylation sites is 1. The van der Waals surface area contributed by atoms with Gasteiger partial charge in [-0.3, -0.25) is 9.67 Å². The number of pyridine rings is 1. The third-order valence-electron chi connectivity index (χ3n) is 6.85. The van der Waals surface area contributed by atoms with Gasteiger partial charge >= 0.3 is 0 Å². The van der Waals surface area contributed by atoms with E-state index in [4.69, 9.17) is 9.84 Å². The van der Waals surface area contributed by atoms with Crippen molar-refractivity contribution >= 4 is 34.2 Å². The summed E-state index contributed by atoms with van der Waals surface area (Å²) in [4.78, 5) is 15.1. The highest BCUT2D eigenvalue weighted by atomic mass is 32.2. The second-order valence-corrected chi connectivity index (χ2v) is 11.1. The van der Waals surface area contributed by atoms with Crippen LogP contribution in [0.2, 0.25) is 0 Å². The molecule has 3 aromatic carbocycles. The predicted octanol–water partition coefficient (Wildman–Crippen LogP) is 7.69. The maximum Gasteiger partial charge on any atom is 0.183 e. The fourth-order valence-corrected chi connectivity index (χ4v) is 5.74. The molecule has 2 N–H and O–H groups in total. The minimum Gasteiger partial charge on any atom is -0.503 e. The molecule has 10 heteroatoms. The smallest absolute Gasteiger partial charge is 0.183 e. The van der Waals surface area contributed by atoms with E-state index in [0.29, 0.717) is 29.4 Å². The molecular weight excluding hydrogens is 563 g/mol. The molecule has 0 unspecified atom stereocenters. The molecule has 0 aliphatic carbocycles. The molecule has 0 saturated heterocycles. The lowest BCUT2D eigenvalue weighted by atomic mass is 10.1. The van der Waals surface area contributed by atoms with Crippen molar-refractivity contribution in [3.63, 3.8) is 0 Å². The first-order valence-electron chi connectivity index (χ1n) is 13.8. The molecule has 216 valence electrons. The number of ether oxygens (including phenoxy) is 1. The average Bonchev–Trinajstić information content (AvgIpc) is 3.37. The fourth-order valence-electron chi connectivity index (χ4n) is 4.73. The summed E-state index contributed by atoms with van der Waals surface area (Å²) in [6.45, 7) is 6.30. The molecule has 0 bridgehead atoms. The number of hydrogen-bond acceptors (Lipinski definition) is 8. The number of hydrogen-bond donors (Lipinski definition) is 2. The minimum absolute atomic E-state index is 0.0969. The van der Waals surface area contributed by atoms with Gasteiger partial charge in [-0.15, -0.1) is 0 Å². The number of halogens is 1. The SMILES string of the molecule is CCOc1cc(F)c(Cn2nc(-c3ncc(O)c(Nc4cc(C)ncc4C)n3)c3ccccc32)c(Sc2ccccc2)c1. The number of nitrogens with one attached hydrogen (secondary N) is 1. The summed E-state index contributed by atoms with van der Waals surface area (Å²) in [5, 5.41) is 19.5. The van der Waals surface area contributed by atoms with Crippen LogP contribution in [0.1, 0.15) is 23.7 Å². The van der Waals surface area contributed by atoms with E-state index in [0.717, 1.165) is 37.6 Å². The Morgan fingerprint density at radius 3 is 2.58 bits per heavy atom. The van der Waals surface area contributed by atoms with Crippen LogP contribution in [-0.4, -0.2) is 36.4 Å². The quantitative estimate of drug-likeness (QED) is 0.176. The third-order valence-corrected chi connectivity index (χ3v) is 7.94. The highest BCUT2D eigenvalue weighted by molar-refractivity contribution is 7.99. The molecule has 0 radical (unpaired) electrons. The van der Waals surface area contributed by atoms with Crippen LogP contribution in [0.5, 0.6) is 11.5 Å². The van der Waals surface area contributed by atoms with Gasteiger partial charge in [-0.25, -0.2) is 14.4 Å². The largest absolute Gasteiger partial charge is 0.503 e. The molecule has 0 saturated carbocycles. The lowest BCUT2D eigenvalue weighted by Crippen LogP contribution is -2.07. The van der Waals surface area contributed by atoms with E-state index in [1.165, 1.54) is 24.0 Å². The first-order valence-corrected chi connectivity index (χ1v) is 14.6. The highest BCUT2D eigenvalue weighted by Crippen LogP contribution is 2.37. The summed E-state index contributed by atoms with van der Waals surface area (Å²) in [7, 11) is 0. The van der Waals surface area contributed by atoms with Crippen LogP contribution in [-0.2, 0) is 6.54 Å². The van der Waals surface area contributed by atoms with Crippen LogP contribution in [0, 0.1) is 19.7 Å². The molecule has 0 aliphatic heterocycles. The van der Waals surface area contributed by atoms with E-state index in [-0.39, 0.29) is 23.9 Å². The number of nitrogens with zero attached hydrogens (tertiary/aromatic N) is 5. The average molecular weight is 593 g/mol. The Morgan fingerprint density at radius 1 is 0.977 bits per heavy atom. The van der Waals surface area contributed by atoms with Gasteiger partial charge in [0.2, 0.25) is 0 Å². The Bertz CT molecular complexity index is 1930. The number of benzene rings is 3. The number of rotatable bonds is 9. The highest BCUT2D eigenvalue weighted by Gasteiger charge is 2.20. The van der Waals surface area contributed by atoms with E-state index < -0.39 is 0 Å². The summed E-state index contributed by atoms with van der Waals surface area (Å²) in [6.07, 6.45) is 3.11. The Hall–Kier alpha value is -4.96. The zero-order valence-electron chi connectivity index (χ0n) is 23.9. The van der Waals surface area contributed by atoms with E-state index in [1.54, 1.807) is 10.9 Å². The molecule has 6 aromatic rings. The van der Waals surface area contributed by atoms with Crippen molar-refractivity contribution in [2.75, 3.05) is 11.9 Å². The molecule has 0 spiro atoms. The van der Waals surface area contributed by atoms with Crippen LogP contribution in [0.4, 0.5) is 15.9 Å². The van der Waals surface area contributed by atoms with E-state index in [1.807, 2.05) is 87.5 Å². The number of aromatic hydroxyl groups is 1. The van der Waals surface area contributed by atoms with Gasteiger partial charge in [0.25, 0.3) is 0 Å². The molecule has 3 heterocycles. The van der Waals surface area contributed by atoms with E-state index >= 15 is 4.39 Å². The molecule has 0 fully saturated rings. The van der Waals surface area contributed by atoms with Crippen LogP contribution < -0.4 is 10.1 Å². The topological polar surface area (TPSA) is 98.0 Å². The molecule has 0 atom stereocenters. The van der Waals surface area contributed by atoms with Gasteiger partial charge in [0.1, 0.15) is 17.3 Å². The molecule has 6 rings (SSSR count). The van der Waals surface area contributed by atoms with E-state index in [2.05, 4.69) is 20.3 Å². The Morgan fingerprint density at radius 2 is 1.77 bits per heavy atom. The number of fused-ring (bicyclic) bond motifs is 1. The van der Waals surface area contributed by atoms with Crippen molar-refractivity contribution in [3.05, 3.63) is 108 Å². The maximum atomic E-state index is 15.7. The standard InChI is InChI=1S/C33H29FN6O2S/c1-4-42-22-15-26(34)25(30(16-22)43-23-10-6-5-7-11-23)19-40-28-13-9-8-12-24(28)31(39-40)33-36-18-29(41)32(38-33)37-27-14-21(3)35-17-20(27)2/h5-18,41H,4,19H2,1-3H3,(H,35,36,37,38). The van der Waals surface area contributed by atoms with Crippen molar-refractivity contribution in [3.8, 4) is 23.0 Å². The van der Waals surface area contributed by atoms with Crippen molar-refractivity contribution in [1.29, 1.82) is 0 Å². The van der Waals surface area contributed by atoms with Gasteiger partial charge in [-0.05, 0) is 56.7 Å². The van der Waals surface area contributed by atoms with Crippen LogP contribution in [0.15, 0.2) is 95.0 Å². The summed E-state index contributed by atoms with van der Waals surface area (Å²) in [5.41, 5.74) is 4.32. The van der Waals surface area contributed by atoms with Gasteiger partial charge in [0.15, 0.2) is 17.4 Å². The second-order valence-electron chi connectivity index (χ2n) is 9.95. The Balaban J connectivity index is 1.41. The van der Waals surface area contributed by atoms with Crippen LogP contribution >= 0.6 is 11.8 Å². The minimum atomic E-state index is -0.374. The molecule has 8 nitrogen and oxygen atoms in total. The third kappa shape index (κ3) is 6.00. The molecule has 0 aliphatic rings. The van der Waals surface area contributed by atoms with E-state index in [9.17, 15) is 5.11 Å². The molecule has 0 amide bonds. The van der Waals surface area contributed by atoms with Gasteiger partial charge in [-0.1, -0.05) is 48.2 Å². The molecular formula is C33H29FN6O2S. The number of aryl methyl sites for hydroxylation is 2. The van der Waals surface area contributed by atoms with Crippen molar-refractivity contribution < 1.29 is 14.2 Å². The first-order chi connectivity index (χ1) is 20.9. The molecule has 3 aromatic heterocycles. The first kappa shape index (κ1) is 28.2. The Kier molecular flexibility index (Phi) is 7.93. The van der Waals surface area contributed by atoms with Gasteiger partial charge in [-0.2, -0.15) is 5.10 Å². The molecule has 43 heavy (non-hydrogen) atoms. The van der Waals surface area contributed by atoms with Crippen molar-refractivity contribution in [1.82, 2.24) is 24.7 Å². The summed E-state index contributed by atoms with van der Waals surface area (Å²) in [5.74, 6) is 0.577. The number of aromatic nitrogens is 5. The maximum absolute atomic E-state index is 15.7. The van der Waals surface area contributed by atoms with Crippen LogP contribution in [0.25, 0.3) is 22.4 Å². The lowest BCUT2D eigenvalue weighted by Gasteiger charge is -2.14. The Labute approximate surface area is 252 Å². The zero-order valence-corrected chi connectivity index (χ0v) is 24.7. The van der Waals surface area contributed by atoms with Crippen molar-refractivity contribution in [2.24, 2.45) is 0 Å².